The van der Waals surface area contributed by atoms with Crippen LogP contribution in [0.5, 0.6) is 0 Å². The fraction of sp³-hybridized carbons (Fsp3) is 0.111. The normalized spacial score (nSPS) is 11.7. The van der Waals surface area contributed by atoms with Crippen LogP contribution in [0.25, 0.3) is 17.2 Å². The summed E-state index contributed by atoms with van der Waals surface area (Å²) < 4.78 is 45.2. The summed E-state index contributed by atoms with van der Waals surface area (Å²) in [7, 11) is 0. The van der Waals surface area contributed by atoms with Crippen molar-refractivity contribution in [3.8, 4) is 17.2 Å². The highest BCUT2D eigenvalue weighted by atomic mass is 19.4. The number of aromatic nitrogens is 5. The Morgan fingerprint density at radius 2 is 1.78 bits per heavy atom. The Morgan fingerprint density at radius 3 is 2.56 bits per heavy atom. The lowest BCUT2D eigenvalue weighted by atomic mass is 10.2. The Hall–Kier alpha value is -3.49. The van der Waals surface area contributed by atoms with Gasteiger partial charge in [-0.2, -0.15) is 23.3 Å². The predicted molar refractivity (Wildman–Crippen MR) is 88.9 cm³/mol. The molecule has 1 aromatic carbocycles. The molecule has 0 aliphatic carbocycles. The number of halogens is 3. The summed E-state index contributed by atoms with van der Waals surface area (Å²) in [6.07, 6.45) is -0.742. The molecule has 9 heteroatoms. The molecule has 4 rings (SSSR count). The molecule has 6 nitrogen and oxygen atoms in total. The van der Waals surface area contributed by atoms with E-state index in [9.17, 15) is 13.2 Å². The van der Waals surface area contributed by atoms with E-state index in [1.54, 1.807) is 10.9 Å². The van der Waals surface area contributed by atoms with Crippen molar-refractivity contribution in [3.63, 3.8) is 0 Å². The minimum absolute atomic E-state index is 0.000180. The SMILES string of the molecule is FC(F)(F)c1cccc(-c2noc(Cc3cnn(-c4ccccc4)c3)n2)n1. The molecular weight excluding hydrogens is 359 g/mol. The molecule has 0 unspecified atom stereocenters. The van der Waals surface area contributed by atoms with Gasteiger partial charge in [0.1, 0.15) is 11.4 Å². The molecule has 0 saturated carbocycles. The molecule has 3 heterocycles. The number of pyridine rings is 1. The molecule has 0 amide bonds. The highest BCUT2D eigenvalue weighted by Crippen LogP contribution is 2.28. The molecule has 0 N–H and O–H groups in total. The molecule has 0 fully saturated rings. The first kappa shape index (κ1) is 17.0. The number of alkyl halides is 3. The highest BCUT2D eigenvalue weighted by Gasteiger charge is 2.32. The average molecular weight is 371 g/mol. The third kappa shape index (κ3) is 3.71. The van der Waals surface area contributed by atoms with Crippen LogP contribution in [-0.4, -0.2) is 24.9 Å². The summed E-state index contributed by atoms with van der Waals surface area (Å²) >= 11 is 0. The maximum atomic E-state index is 12.8. The third-order valence-electron chi connectivity index (χ3n) is 3.75. The second kappa shape index (κ2) is 6.67. The Balaban J connectivity index is 1.53. The van der Waals surface area contributed by atoms with E-state index < -0.39 is 11.9 Å². The van der Waals surface area contributed by atoms with Crippen molar-refractivity contribution in [2.45, 2.75) is 12.6 Å². The lowest BCUT2D eigenvalue weighted by Gasteiger charge is -2.05. The van der Waals surface area contributed by atoms with Gasteiger partial charge in [-0.15, -0.1) is 0 Å². The highest BCUT2D eigenvalue weighted by molar-refractivity contribution is 5.48. The summed E-state index contributed by atoms with van der Waals surface area (Å²) in [4.78, 5) is 7.69. The summed E-state index contributed by atoms with van der Waals surface area (Å²) in [5.41, 5.74) is 0.726. The average Bonchev–Trinajstić information content (AvgIpc) is 3.32. The van der Waals surface area contributed by atoms with Gasteiger partial charge in [0.25, 0.3) is 0 Å². The second-order valence-corrected chi connectivity index (χ2v) is 5.72. The fourth-order valence-corrected chi connectivity index (χ4v) is 2.50. The first-order valence-corrected chi connectivity index (χ1v) is 7.95. The molecule has 0 aliphatic heterocycles. The van der Waals surface area contributed by atoms with Gasteiger partial charge in [-0.3, -0.25) is 0 Å². The van der Waals surface area contributed by atoms with E-state index in [1.165, 1.54) is 12.1 Å². The molecule has 27 heavy (non-hydrogen) atoms. The minimum atomic E-state index is -4.53. The van der Waals surface area contributed by atoms with Gasteiger partial charge < -0.3 is 4.52 Å². The van der Waals surface area contributed by atoms with Crippen LogP contribution < -0.4 is 0 Å². The van der Waals surface area contributed by atoms with Crippen LogP contribution in [0.4, 0.5) is 13.2 Å². The molecule has 0 saturated heterocycles. The maximum absolute atomic E-state index is 12.8. The van der Waals surface area contributed by atoms with Crippen LogP contribution >= 0.6 is 0 Å². The van der Waals surface area contributed by atoms with Crippen molar-refractivity contribution in [1.82, 2.24) is 24.9 Å². The lowest BCUT2D eigenvalue weighted by Crippen LogP contribution is -2.08. The minimum Gasteiger partial charge on any atom is -0.339 e. The van der Waals surface area contributed by atoms with Gasteiger partial charge in [-0.25, -0.2) is 9.67 Å². The Morgan fingerprint density at radius 1 is 0.963 bits per heavy atom. The largest absolute Gasteiger partial charge is 0.433 e. The summed E-state index contributed by atoms with van der Waals surface area (Å²) in [6.45, 7) is 0. The zero-order chi connectivity index (χ0) is 18.9. The van der Waals surface area contributed by atoms with Crippen molar-refractivity contribution >= 4 is 0 Å². The molecule has 0 aliphatic rings. The fourth-order valence-electron chi connectivity index (χ4n) is 2.50. The van der Waals surface area contributed by atoms with E-state index in [2.05, 4.69) is 20.2 Å². The molecule has 0 atom stereocenters. The van der Waals surface area contributed by atoms with E-state index in [-0.39, 0.29) is 17.4 Å². The van der Waals surface area contributed by atoms with Gasteiger partial charge in [0.05, 0.1) is 18.3 Å². The Kier molecular flexibility index (Phi) is 4.19. The van der Waals surface area contributed by atoms with Crippen LogP contribution in [0.2, 0.25) is 0 Å². The summed E-state index contributed by atoms with van der Waals surface area (Å²) in [5.74, 6) is 0.267. The van der Waals surface area contributed by atoms with Crippen LogP contribution in [-0.2, 0) is 12.6 Å². The second-order valence-electron chi connectivity index (χ2n) is 5.72. The molecule has 3 aromatic heterocycles. The zero-order valence-corrected chi connectivity index (χ0v) is 13.8. The molecule has 0 bridgehead atoms. The summed E-state index contributed by atoms with van der Waals surface area (Å²) in [6, 6.07) is 13.1. The predicted octanol–water partition coefficient (Wildman–Crippen LogP) is 3.93. The Bertz CT molecular complexity index is 1060. The molecular formula is C18H12F3N5O. The van der Waals surface area contributed by atoms with E-state index in [1.807, 2.05) is 36.5 Å². The monoisotopic (exact) mass is 371 g/mol. The van der Waals surface area contributed by atoms with Gasteiger partial charge in [0.15, 0.2) is 0 Å². The Labute approximate surface area is 151 Å². The zero-order valence-electron chi connectivity index (χ0n) is 13.8. The van der Waals surface area contributed by atoms with Gasteiger partial charge in [-0.1, -0.05) is 29.4 Å². The van der Waals surface area contributed by atoms with Crippen LogP contribution in [0.1, 0.15) is 17.1 Å². The van der Waals surface area contributed by atoms with Gasteiger partial charge >= 0.3 is 6.18 Å². The number of benzene rings is 1. The molecule has 0 radical (unpaired) electrons. The van der Waals surface area contributed by atoms with E-state index in [0.29, 0.717) is 6.42 Å². The van der Waals surface area contributed by atoms with Crippen LogP contribution in [0.15, 0.2) is 65.4 Å². The number of para-hydroxylation sites is 1. The van der Waals surface area contributed by atoms with Crippen molar-refractivity contribution in [3.05, 3.63) is 78.1 Å². The quantitative estimate of drug-likeness (QED) is 0.544. The third-order valence-corrected chi connectivity index (χ3v) is 3.75. The first-order chi connectivity index (χ1) is 13.0. The first-order valence-electron chi connectivity index (χ1n) is 7.95. The van der Waals surface area contributed by atoms with Crippen molar-refractivity contribution in [2.75, 3.05) is 0 Å². The maximum Gasteiger partial charge on any atom is 0.433 e. The number of nitrogens with zero attached hydrogens (tertiary/aromatic N) is 5. The van der Waals surface area contributed by atoms with Crippen molar-refractivity contribution < 1.29 is 17.7 Å². The molecule has 0 spiro atoms. The van der Waals surface area contributed by atoms with E-state index in [4.69, 9.17) is 4.52 Å². The van der Waals surface area contributed by atoms with E-state index >= 15 is 0 Å². The van der Waals surface area contributed by atoms with Crippen LogP contribution in [0.3, 0.4) is 0 Å². The molecule has 136 valence electrons. The van der Waals surface area contributed by atoms with Gasteiger partial charge in [0, 0.05) is 6.20 Å². The molecule has 4 aromatic rings. The van der Waals surface area contributed by atoms with Crippen LogP contribution in [0, 0.1) is 0 Å². The number of hydrogen-bond donors (Lipinski definition) is 0. The summed E-state index contributed by atoms with van der Waals surface area (Å²) in [5, 5.41) is 8.00. The van der Waals surface area contributed by atoms with Crippen molar-refractivity contribution in [1.29, 1.82) is 0 Å². The lowest BCUT2D eigenvalue weighted by molar-refractivity contribution is -0.141. The van der Waals surface area contributed by atoms with E-state index in [0.717, 1.165) is 17.3 Å². The smallest absolute Gasteiger partial charge is 0.339 e. The topological polar surface area (TPSA) is 69.6 Å². The number of hydrogen-bond acceptors (Lipinski definition) is 5. The number of rotatable bonds is 4. The van der Waals surface area contributed by atoms with Gasteiger partial charge in [0.2, 0.25) is 11.7 Å². The van der Waals surface area contributed by atoms with Crippen molar-refractivity contribution in [2.24, 2.45) is 0 Å². The standard InChI is InChI=1S/C18H12F3N5O/c19-18(20,21)15-8-4-7-14(23-15)17-24-16(27-25-17)9-12-10-22-26(11-12)13-5-2-1-3-6-13/h1-8,10-11H,9H2. The van der Waals surface area contributed by atoms with Gasteiger partial charge in [-0.05, 0) is 29.8 Å².